The van der Waals surface area contributed by atoms with Crippen molar-refractivity contribution in [1.82, 2.24) is 9.80 Å². The van der Waals surface area contributed by atoms with Crippen molar-refractivity contribution in [3.63, 3.8) is 0 Å². The highest BCUT2D eigenvalue weighted by Gasteiger charge is 2.36. The van der Waals surface area contributed by atoms with Crippen molar-refractivity contribution in [3.05, 3.63) is 0 Å². The fourth-order valence-corrected chi connectivity index (χ4v) is 2.18. The van der Waals surface area contributed by atoms with Crippen LogP contribution in [0.15, 0.2) is 0 Å². The van der Waals surface area contributed by atoms with E-state index in [0.717, 1.165) is 18.4 Å². The Morgan fingerprint density at radius 3 is 2.38 bits per heavy atom. The lowest BCUT2D eigenvalue weighted by Gasteiger charge is -2.32. The number of likely N-dealkylation sites (N-methyl/N-ethyl adjacent to an activating group) is 1. The second-order valence-corrected chi connectivity index (χ2v) is 4.60. The van der Waals surface area contributed by atoms with Crippen LogP contribution in [0.25, 0.3) is 0 Å². The van der Waals surface area contributed by atoms with E-state index in [1.165, 1.54) is 39.1 Å². The van der Waals surface area contributed by atoms with Gasteiger partial charge in [-0.25, -0.2) is 0 Å². The van der Waals surface area contributed by atoms with Gasteiger partial charge in [0.2, 0.25) is 0 Å². The standard InChI is InChI=1S/C10H21N3/c1-12-2-4-13(5-3-12)8-10-6-9(10)7-11/h9-10H,2-8,11H2,1H3/t9-,10-/m0/s1. The van der Waals surface area contributed by atoms with Gasteiger partial charge in [-0.15, -0.1) is 0 Å². The predicted octanol–water partition coefficient (Wildman–Crippen LogP) is -0.171. The normalized spacial score (nSPS) is 36.5. The molecule has 2 N–H and O–H groups in total. The minimum atomic E-state index is 0.847. The van der Waals surface area contributed by atoms with Gasteiger partial charge in [0.15, 0.2) is 0 Å². The first-order valence-electron chi connectivity index (χ1n) is 5.40. The van der Waals surface area contributed by atoms with E-state index in [9.17, 15) is 0 Å². The molecule has 0 radical (unpaired) electrons. The molecule has 0 aromatic rings. The van der Waals surface area contributed by atoms with Crippen LogP contribution < -0.4 is 5.73 Å². The molecule has 1 aliphatic heterocycles. The van der Waals surface area contributed by atoms with E-state index in [4.69, 9.17) is 5.73 Å². The molecule has 3 heteroatoms. The Bertz CT molecular complexity index is 164. The van der Waals surface area contributed by atoms with Gasteiger partial charge in [0.25, 0.3) is 0 Å². The van der Waals surface area contributed by atoms with Gasteiger partial charge in [-0.3, -0.25) is 0 Å². The molecule has 0 bridgehead atoms. The van der Waals surface area contributed by atoms with Gasteiger partial charge >= 0.3 is 0 Å². The zero-order chi connectivity index (χ0) is 9.26. The van der Waals surface area contributed by atoms with Crippen LogP contribution >= 0.6 is 0 Å². The Labute approximate surface area is 80.9 Å². The van der Waals surface area contributed by atoms with Crippen LogP contribution in [-0.4, -0.2) is 56.1 Å². The first kappa shape index (κ1) is 9.44. The van der Waals surface area contributed by atoms with Crippen molar-refractivity contribution in [1.29, 1.82) is 0 Å². The van der Waals surface area contributed by atoms with E-state index in [0.29, 0.717) is 0 Å². The quantitative estimate of drug-likeness (QED) is 0.659. The molecule has 2 aliphatic rings. The summed E-state index contributed by atoms with van der Waals surface area (Å²) < 4.78 is 0. The summed E-state index contributed by atoms with van der Waals surface area (Å²) in [4.78, 5) is 5.00. The molecule has 3 nitrogen and oxygen atoms in total. The number of rotatable bonds is 3. The molecule has 1 saturated carbocycles. The summed E-state index contributed by atoms with van der Waals surface area (Å²) in [7, 11) is 2.21. The zero-order valence-corrected chi connectivity index (χ0v) is 8.58. The molecule has 1 heterocycles. The number of hydrogen-bond acceptors (Lipinski definition) is 3. The van der Waals surface area contributed by atoms with E-state index in [-0.39, 0.29) is 0 Å². The minimum absolute atomic E-state index is 0.847. The van der Waals surface area contributed by atoms with Crippen LogP contribution in [0.1, 0.15) is 6.42 Å². The zero-order valence-electron chi connectivity index (χ0n) is 8.58. The maximum absolute atomic E-state index is 5.62. The molecule has 0 spiro atoms. The largest absolute Gasteiger partial charge is 0.330 e. The number of nitrogens with zero attached hydrogens (tertiary/aromatic N) is 2. The Morgan fingerprint density at radius 1 is 1.15 bits per heavy atom. The molecule has 1 saturated heterocycles. The lowest BCUT2D eigenvalue weighted by Crippen LogP contribution is -2.45. The van der Waals surface area contributed by atoms with Crippen LogP contribution in [-0.2, 0) is 0 Å². The highest BCUT2D eigenvalue weighted by atomic mass is 15.2. The average molecular weight is 183 g/mol. The summed E-state index contributed by atoms with van der Waals surface area (Å²) in [5.41, 5.74) is 5.62. The molecule has 2 fully saturated rings. The Hall–Kier alpha value is -0.120. The lowest BCUT2D eigenvalue weighted by atomic mass is 10.2. The number of piperazine rings is 1. The average Bonchev–Trinajstić information content (AvgIpc) is 2.88. The van der Waals surface area contributed by atoms with Gasteiger partial charge in [-0.2, -0.15) is 0 Å². The molecule has 1 aliphatic carbocycles. The van der Waals surface area contributed by atoms with E-state index >= 15 is 0 Å². The van der Waals surface area contributed by atoms with Gasteiger partial charge in [0, 0.05) is 32.7 Å². The summed E-state index contributed by atoms with van der Waals surface area (Å²) in [6, 6.07) is 0. The highest BCUT2D eigenvalue weighted by molar-refractivity contribution is 4.89. The molecule has 0 aromatic heterocycles. The fraction of sp³-hybridized carbons (Fsp3) is 1.00. The lowest BCUT2D eigenvalue weighted by molar-refractivity contribution is 0.147. The van der Waals surface area contributed by atoms with E-state index < -0.39 is 0 Å². The van der Waals surface area contributed by atoms with Crippen LogP contribution in [0.2, 0.25) is 0 Å². The second kappa shape index (κ2) is 3.95. The number of nitrogens with two attached hydrogens (primary N) is 1. The summed E-state index contributed by atoms with van der Waals surface area (Å²) >= 11 is 0. The van der Waals surface area contributed by atoms with Gasteiger partial charge in [0.1, 0.15) is 0 Å². The Morgan fingerprint density at radius 2 is 1.85 bits per heavy atom. The second-order valence-electron chi connectivity index (χ2n) is 4.60. The number of hydrogen-bond donors (Lipinski definition) is 1. The molecule has 2 rings (SSSR count). The van der Waals surface area contributed by atoms with Crippen LogP contribution in [0.3, 0.4) is 0 Å². The summed E-state index contributed by atoms with van der Waals surface area (Å²) in [5.74, 6) is 1.77. The van der Waals surface area contributed by atoms with E-state index in [2.05, 4.69) is 16.8 Å². The highest BCUT2D eigenvalue weighted by Crippen LogP contribution is 2.37. The van der Waals surface area contributed by atoms with Crippen molar-refractivity contribution in [2.24, 2.45) is 17.6 Å². The van der Waals surface area contributed by atoms with Crippen LogP contribution in [0, 0.1) is 11.8 Å². The first-order chi connectivity index (χ1) is 6.29. The van der Waals surface area contributed by atoms with Gasteiger partial charge < -0.3 is 15.5 Å². The molecule has 0 unspecified atom stereocenters. The van der Waals surface area contributed by atoms with Crippen molar-refractivity contribution in [3.8, 4) is 0 Å². The van der Waals surface area contributed by atoms with E-state index in [1.54, 1.807) is 0 Å². The molecule has 0 aromatic carbocycles. The van der Waals surface area contributed by atoms with Crippen molar-refractivity contribution in [2.75, 3.05) is 46.3 Å². The third kappa shape index (κ3) is 2.42. The molecule has 2 atom stereocenters. The molecular weight excluding hydrogens is 162 g/mol. The maximum atomic E-state index is 5.62. The fourth-order valence-electron chi connectivity index (χ4n) is 2.18. The Balaban J connectivity index is 1.66. The summed E-state index contributed by atoms with van der Waals surface area (Å²) in [6.07, 6.45) is 1.38. The molecule has 13 heavy (non-hydrogen) atoms. The van der Waals surface area contributed by atoms with Crippen LogP contribution in [0.5, 0.6) is 0 Å². The monoisotopic (exact) mass is 183 g/mol. The molecule has 76 valence electrons. The third-order valence-electron chi connectivity index (χ3n) is 3.46. The van der Waals surface area contributed by atoms with Gasteiger partial charge in [-0.05, 0) is 31.8 Å². The van der Waals surface area contributed by atoms with E-state index in [1.807, 2.05) is 0 Å². The summed E-state index contributed by atoms with van der Waals surface area (Å²) in [5, 5.41) is 0. The van der Waals surface area contributed by atoms with Crippen molar-refractivity contribution >= 4 is 0 Å². The topological polar surface area (TPSA) is 32.5 Å². The van der Waals surface area contributed by atoms with Crippen molar-refractivity contribution in [2.45, 2.75) is 6.42 Å². The minimum Gasteiger partial charge on any atom is -0.330 e. The summed E-state index contributed by atoms with van der Waals surface area (Å²) in [6.45, 7) is 7.18. The molecule has 0 amide bonds. The molecular formula is C10H21N3. The smallest absolute Gasteiger partial charge is 0.0110 e. The van der Waals surface area contributed by atoms with Gasteiger partial charge in [-0.1, -0.05) is 0 Å². The van der Waals surface area contributed by atoms with Gasteiger partial charge in [0.05, 0.1) is 0 Å². The Kier molecular flexibility index (Phi) is 2.86. The van der Waals surface area contributed by atoms with Crippen LogP contribution in [0.4, 0.5) is 0 Å². The SMILES string of the molecule is CN1CCN(C[C@@H]2C[C@H]2CN)CC1. The third-order valence-corrected chi connectivity index (χ3v) is 3.46. The first-order valence-corrected chi connectivity index (χ1v) is 5.40. The maximum Gasteiger partial charge on any atom is 0.0110 e. The van der Waals surface area contributed by atoms with Crippen molar-refractivity contribution < 1.29 is 0 Å². The predicted molar refractivity (Wildman–Crippen MR) is 54.6 cm³/mol.